The molecular formula is C53H62N6O11. The highest BCUT2D eigenvalue weighted by atomic mass is 16.6. The molecule has 0 saturated heterocycles. The van der Waals surface area contributed by atoms with Crippen molar-refractivity contribution < 1.29 is 52.8 Å². The summed E-state index contributed by atoms with van der Waals surface area (Å²) in [6, 6.07) is 23.4. The summed E-state index contributed by atoms with van der Waals surface area (Å²) < 4.78 is 21.5. The molecule has 70 heavy (non-hydrogen) atoms. The van der Waals surface area contributed by atoms with Crippen LogP contribution in [0.15, 0.2) is 110 Å². The molecule has 4 atom stereocenters. The van der Waals surface area contributed by atoms with Gasteiger partial charge in [-0.25, -0.2) is 19.3 Å². The van der Waals surface area contributed by atoms with Crippen molar-refractivity contribution in [3.63, 3.8) is 0 Å². The van der Waals surface area contributed by atoms with Gasteiger partial charge in [0.2, 0.25) is 11.8 Å². The number of benzene rings is 4. The van der Waals surface area contributed by atoms with Crippen LogP contribution in [-0.2, 0) is 36.8 Å². The van der Waals surface area contributed by atoms with Crippen molar-refractivity contribution in [2.45, 2.75) is 103 Å². The molecule has 6 amide bonds. The average molecular weight is 959 g/mol. The topological polar surface area (TPSA) is 214 Å². The smallest absolute Gasteiger partial charge is 0.416 e. The lowest BCUT2D eigenvalue weighted by Gasteiger charge is -2.31. The van der Waals surface area contributed by atoms with E-state index in [0.717, 1.165) is 32.7 Å². The van der Waals surface area contributed by atoms with Crippen LogP contribution in [0.2, 0.25) is 0 Å². The maximum absolute atomic E-state index is 14.1. The lowest BCUT2D eigenvalue weighted by atomic mass is 10.0. The molecule has 0 aromatic heterocycles. The first-order valence-corrected chi connectivity index (χ1v) is 23.1. The van der Waals surface area contributed by atoms with Gasteiger partial charge in [0.05, 0.1) is 24.4 Å². The maximum Gasteiger partial charge on any atom is 0.416 e. The van der Waals surface area contributed by atoms with Crippen molar-refractivity contribution in [1.29, 1.82) is 0 Å². The SMILES string of the molecule is C=CCOC(=O)N[C@@H](Cc1ccccc1)C(=O)N[C@@H](CCCCNC(=O)OC(C)(C)C)C(=O)Nc1ccc(COC(=O)N2c3cc(C)c(C)cc3C(=O)N3C=C(c4ccc(OC)cc4)C[C@H]3[C@@H]2O)cc1. The third-order valence-corrected chi connectivity index (χ3v) is 11.7. The number of aryl methyl sites for hydroxylation is 2. The number of carbonyl (C=O) groups is 6. The number of hydrogen-bond acceptors (Lipinski definition) is 11. The number of nitrogens with one attached hydrogen (secondary N) is 4. The Morgan fingerprint density at radius 3 is 2.21 bits per heavy atom. The van der Waals surface area contributed by atoms with Crippen LogP contribution in [0.3, 0.4) is 0 Å². The molecular weight excluding hydrogens is 897 g/mol. The van der Waals surface area contributed by atoms with E-state index in [4.69, 9.17) is 18.9 Å². The summed E-state index contributed by atoms with van der Waals surface area (Å²) in [5, 5.41) is 22.9. The van der Waals surface area contributed by atoms with Crippen LogP contribution in [-0.4, -0.2) is 96.2 Å². The minimum absolute atomic E-state index is 0.0721. The summed E-state index contributed by atoms with van der Waals surface area (Å²) in [7, 11) is 1.58. The Hall–Kier alpha value is -7.66. The number of fused-ring (bicyclic) bond motifs is 2. The monoisotopic (exact) mass is 958 g/mol. The molecule has 0 unspecified atom stereocenters. The molecule has 0 saturated carbocycles. The van der Waals surface area contributed by atoms with Gasteiger partial charge in [0.15, 0.2) is 6.23 Å². The van der Waals surface area contributed by atoms with Gasteiger partial charge < -0.3 is 50.2 Å². The number of aliphatic hydroxyl groups is 1. The second kappa shape index (κ2) is 23.6. The molecule has 17 heteroatoms. The molecule has 0 fully saturated rings. The highest BCUT2D eigenvalue weighted by Crippen LogP contribution is 2.40. The number of methoxy groups -OCH3 is 1. The Morgan fingerprint density at radius 1 is 0.843 bits per heavy atom. The van der Waals surface area contributed by atoms with Crippen molar-refractivity contribution in [1.82, 2.24) is 20.9 Å². The number of carbonyl (C=O) groups excluding carboxylic acids is 6. The van der Waals surface area contributed by atoms with Gasteiger partial charge in [0.1, 0.15) is 36.6 Å². The molecule has 2 aliphatic heterocycles. The minimum atomic E-state index is -1.46. The highest BCUT2D eigenvalue weighted by molar-refractivity contribution is 6.06. The van der Waals surface area contributed by atoms with E-state index in [9.17, 15) is 33.9 Å². The van der Waals surface area contributed by atoms with Gasteiger partial charge >= 0.3 is 18.3 Å². The van der Waals surface area contributed by atoms with Crippen molar-refractivity contribution in [3.05, 3.63) is 143 Å². The summed E-state index contributed by atoms with van der Waals surface area (Å²) in [4.78, 5) is 83.5. The van der Waals surface area contributed by atoms with Gasteiger partial charge in [-0.2, -0.15) is 0 Å². The molecule has 370 valence electrons. The van der Waals surface area contributed by atoms with Gasteiger partial charge in [-0.3, -0.25) is 14.4 Å². The zero-order valence-corrected chi connectivity index (χ0v) is 40.4. The lowest BCUT2D eigenvalue weighted by molar-refractivity contribution is -0.128. The van der Waals surface area contributed by atoms with E-state index in [-0.39, 0.29) is 56.2 Å². The zero-order chi connectivity index (χ0) is 50.5. The van der Waals surface area contributed by atoms with Crippen LogP contribution < -0.4 is 30.9 Å². The molecule has 0 radical (unpaired) electrons. The summed E-state index contributed by atoms with van der Waals surface area (Å²) in [5.41, 5.74) is 4.80. The van der Waals surface area contributed by atoms with E-state index < -0.39 is 60.0 Å². The number of aliphatic hydroxyl groups excluding tert-OH is 1. The highest BCUT2D eigenvalue weighted by Gasteiger charge is 2.45. The number of rotatable bonds is 18. The number of amides is 6. The Kier molecular flexibility index (Phi) is 17.4. The number of anilines is 2. The fourth-order valence-electron chi connectivity index (χ4n) is 7.95. The molecule has 2 aliphatic rings. The fraction of sp³-hybridized carbons (Fsp3) is 0.358. The number of nitrogens with zero attached hydrogens (tertiary/aromatic N) is 2. The molecule has 17 nitrogen and oxygen atoms in total. The normalized spacial score (nSPS) is 16.0. The summed E-state index contributed by atoms with van der Waals surface area (Å²) >= 11 is 0. The second-order valence-corrected chi connectivity index (χ2v) is 18.1. The standard InChI is InChI=1S/C53H62N6O11/c1-8-26-68-51(65)57-43(29-35-14-10-9-11-15-35)47(61)56-42(16-12-13-25-54-50(64)70-53(4,5)6)46(60)55-39-21-17-36(18-22-39)32-69-52(66)59-44-28-34(3)33(2)27-41(44)48(62)58-31-38(30-45(58)49(59)63)37-19-23-40(67-7)24-20-37/h8-11,14-15,17-24,27-28,31,42-43,45,49,63H,1,12-13,16,25-26,29-30,32H2,2-7H3,(H,54,64)(H,55,60)(H,56,61)(H,57,65)/t42-,43-,45-,49-/m0/s1. The van der Waals surface area contributed by atoms with Crippen LogP contribution in [0.5, 0.6) is 5.75 Å². The summed E-state index contributed by atoms with van der Waals surface area (Å²) in [6.07, 6.45) is 0.818. The van der Waals surface area contributed by atoms with Crippen molar-refractivity contribution in [2.75, 3.05) is 30.5 Å². The van der Waals surface area contributed by atoms with Crippen LogP contribution in [0, 0.1) is 13.8 Å². The number of hydrogen-bond donors (Lipinski definition) is 5. The Morgan fingerprint density at radius 2 is 1.54 bits per heavy atom. The number of unbranched alkanes of at least 4 members (excludes halogenated alkanes) is 1. The van der Waals surface area contributed by atoms with Crippen molar-refractivity contribution >= 4 is 52.9 Å². The summed E-state index contributed by atoms with van der Waals surface area (Å²) in [5.74, 6) is -0.845. The van der Waals surface area contributed by atoms with E-state index in [2.05, 4.69) is 27.8 Å². The van der Waals surface area contributed by atoms with Crippen molar-refractivity contribution in [2.24, 2.45) is 0 Å². The molecule has 6 rings (SSSR count). The van der Waals surface area contributed by atoms with Gasteiger partial charge in [-0.05, 0) is 130 Å². The van der Waals surface area contributed by atoms with Gasteiger partial charge in [0, 0.05) is 24.9 Å². The quantitative estimate of drug-likeness (QED) is 0.0371. The van der Waals surface area contributed by atoms with Gasteiger partial charge in [-0.15, -0.1) is 0 Å². The number of alkyl carbamates (subject to hydrolysis) is 2. The Labute approximate surface area is 408 Å². The van der Waals surface area contributed by atoms with E-state index >= 15 is 0 Å². The van der Waals surface area contributed by atoms with Crippen LogP contribution in [0.4, 0.5) is 25.8 Å². The summed E-state index contributed by atoms with van der Waals surface area (Å²) in [6.45, 7) is 12.5. The van der Waals surface area contributed by atoms with Crippen LogP contribution in [0.25, 0.3) is 5.57 Å². The molecule has 4 aromatic carbocycles. The zero-order valence-electron chi connectivity index (χ0n) is 40.4. The minimum Gasteiger partial charge on any atom is -0.497 e. The number of ether oxygens (including phenoxy) is 4. The first kappa shape index (κ1) is 51.7. The Balaban J connectivity index is 1.14. The van der Waals surface area contributed by atoms with E-state index in [1.54, 1.807) is 82.6 Å². The molecule has 4 aromatic rings. The predicted molar refractivity (Wildman–Crippen MR) is 264 cm³/mol. The predicted octanol–water partition coefficient (Wildman–Crippen LogP) is 7.68. The first-order valence-electron chi connectivity index (χ1n) is 23.1. The molecule has 0 aliphatic carbocycles. The molecule has 2 heterocycles. The molecule has 5 N–H and O–H groups in total. The largest absolute Gasteiger partial charge is 0.497 e. The van der Waals surface area contributed by atoms with Gasteiger partial charge in [-0.1, -0.05) is 67.3 Å². The van der Waals surface area contributed by atoms with E-state index in [1.165, 1.54) is 11.0 Å². The maximum atomic E-state index is 14.1. The molecule has 0 spiro atoms. The van der Waals surface area contributed by atoms with Crippen LogP contribution in [0.1, 0.15) is 84.6 Å². The van der Waals surface area contributed by atoms with E-state index in [0.29, 0.717) is 29.8 Å². The van der Waals surface area contributed by atoms with Gasteiger partial charge in [0.25, 0.3) is 5.91 Å². The third kappa shape index (κ3) is 13.7. The second-order valence-electron chi connectivity index (χ2n) is 18.1. The van der Waals surface area contributed by atoms with Crippen molar-refractivity contribution in [3.8, 4) is 5.75 Å². The first-order chi connectivity index (χ1) is 33.4. The van der Waals surface area contributed by atoms with E-state index in [1.807, 2.05) is 56.3 Å². The molecule has 0 bridgehead atoms. The fourth-order valence-corrected chi connectivity index (χ4v) is 7.95. The Bertz CT molecular complexity index is 2560. The third-order valence-electron chi connectivity index (χ3n) is 11.7. The lowest BCUT2D eigenvalue weighted by Crippen LogP contribution is -2.53. The average Bonchev–Trinajstić information content (AvgIpc) is 3.76. The van der Waals surface area contributed by atoms with Crippen LogP contribution >= 0.6 is 0 Å².